The van der Waals surface area contributed by atoms with Gasteiger partial charge in [0.1, 0.15) is 0 Å². The van der Waals surface area contributed by atoms with Crippen molar-refractivity contribution in [1.29, 1.82) is 0 Å². The molecule has 0 saturated carbocycles. The summed E-state index contributed by atoms with van der Waals surface area (Å²) in [6, 6.07) is 31.2. The summed E-state index contributed by atoms with van der Waals surface area (Å²) in [7, 11) is 0. The molecule has 2 heterocycles. The van der Waals surface area contributed by atoms with E-state index in [4.69, 9.17) is 4.98 Å². The molecule has 1 aliphatic heterocycles. The van der Waals surface area contributed by atoms with Gasteiger partial charge in [-0.25, -0.2) is 0 Å². The number of fused-ring (bicyclic) bond motifs is 4. The molecule has 0 atom stereocenters. The second-order valence-corrected chi connectivity index (χ2v) is 11.3. The minimum absolute atomic E-state index is 0. The molecule has 4 aromatic carbocycles. The number of hydrogen-bond donors (Lipinski definition) is 1. The fraction of sp³-hybridized carbons (Fsp3) is 0.282. The molecule has 0 amide bonds. The Kier molecular flexibility index (Phi) is 11.1. The average molecular weight is 762 g/mol. The second-order valence-electron chi connectivity index (χ2n) is 11.3. The number of allylic oxidation sites excluding steroid dienone is 2. The van der Waals surface area contributed by atoms with Crippen molar-refractivity contribution in [2.75, 3.05) is 4.90 Å². The zero-order valence-corrected chi connectivity index (χ0v) is 28.6. The zero-order chi connectivity index (χ0) is 30.5. The van der Waals surface area contributed by atoms with E-state index in [1.807, 2.05) is 40.0 Å². The van der Waals surface area contributed by atoms with Crippen LogP contribution in [0.2, 0.25) is 0 Å². The van der Waals surface area contributed by atoms with E-state index >= 15 is 0 Å². The van der Waals surface area contributed by atoms with Gasteiger partial charge < -0.3 is 15.0 Å². The van der Waals surface area contributed by atoms with Crippen LogP contribution in [-0.2, 0) is 24.9 Å². The van der Waals surface area contributed by atoms with Gasteiger partial charge in [0.2, 0.25) is 0 Å². The van der Waals surface area contributed by atoms with Gasteiger partial charge in [0.05, 0.1) is 5.76 Å². The van der Waals surface area contributed by atoms with Crippen LogP contribution in [0, 0.1) is 24.8 Å². The van der Waals surface area contributed by atoms with E-state index in [9.17, 15) is 9.90 Å². The van der Waals surface area contributed by atoms with E-state index in [2.05, 4.69) is 90.7 Å². The van der Waals surface area contributed by atoms with Crippen LogP contribution in [0.5, 0.6) is 0 Å². The molecule has 0 spiro atoms. The molecule has 44 heavy (non-hydrogen) atoms. The summed E-state index contributed by atoms with van der Waals surface area (Å²) in [5.74, 6) is 0.547. The fourth-order valence-electron chi connectivity index (χ4n) is 6.11. The number of para-hydroxylation sites is 1. The number of aliphatic hydroxyl groups is 1. The number of rotatable bonds is 8. The second kappa shape index (κ2) is 14.8. The topological polar surface area (TPSA) is 53.4 Å². The molecule has 1 radical (unpaired) electrons. The van der Waals surface area contributed by atoms with E-state index in [0.29, 0.717) is 0 Å². The molecule has 0 saturated heterocycles. The monoisotopic (exact) mass is 762 g/mol. The molecule has 6 rings (SSSR count). The number of aliphatic hydroxyl groups excluding tert-OH is 1. The van der Waals surface area contributed by atoms with Crippen LogP contribution in [0.25, 0.3) is 32.8 Å². The predicted molar refractivity (Wildman–Crippen MR) is 180 cm³/mol. The van der Waals surface area contributed by atoms with Crippen LogP contribution < -0.4 is 4.90 Å². The largest absolute Gasteiger partial charge is 0.512 e. The first-order valence-corrected chi connectivity index (χ1v) is 15.5. The van der Waals surface area contributed by atoms with Gasteiger partial charge in [0.25, 0.3) is 0 Å². The van der Waals surface area contributed by atoms with Gasteiger partial charge >= 0.3 is 0 Å². The van der Waals surface area contributed by atoms with Crippen molar-refractivity contribution in [2.24, 2.45) is 11.8 Å². The summed E-state index contributed by atoms with van der Waals surface area (Å²) in [4.78, 5) is 19.0. The number of ketones is 1. The van der Waals surface area contributed by atoms with E-state index in [0.717, 1.165) is 53.7 Å². The van der Waals surface area contributed by atoms with Crippen LogP contribution >= 0.6 is 0 Å². The number of carbonyl (C=O) groups is 1. The Morgan fingerprint density at radius 3 is 2.27 bits per heavy atom. The third kappa shape index (κ3) is 6.50. The number of nitrogens with zero attached hydrogens (tertiary/aromatic N) is 2. The number of anilines is 3. The van der Waals surface area contributed by atoms with Crippen LogP contribution in [0.1, 0.15) is 58.9 Å². The first-order valence-electron chi connectivity index (χ1n) is 15.5. The maximum absolute atomic E-state index is 11.7. The van der Waals surface area contributed by atoms with Gasteiger partial charge in [0.15, 0.2) is 5.78 Å². The Morgan fingerprint density at radius 2 is 1.59 bits per heavy atom. The van der Waals surface area contributed by atoms with Gasteiger partial charge in [-0.15, -0.1) is 23.8 Å². The Labute approximate surface area is 275 Å². The van der Waals surface area contributed by atoms with Crippen molar-refractivity contribution in [2.45, 2.75) is 60.3 Å². The summed E-state index contributed by atoms with van der Waals surface area (Å²) < 4.78 is 0. The summed E-state index contributed by atoms with van der Waals surface area (Å²) in [5.41, 5.74) is 6.76. The third-order valence-electron chi connectivity index (χ3n) is 8.63. The summed E-state index contributed by atoms with van der Waals surface area (Å²) in [5, 5.41) is 14.5. The molecule has 1 aromatic heterocycles. The van der Waals surface area contributed by atoms with Crippen molar-refractivity contribution >= 4 is 44.4 Å². The molecule has 1 aliphatic rings. The molecular formula is C39H41IrN2O2-. The van der Waals surface area contributed by atoms with Crippen LogP contribution in [0.15, 0.2) is 96.9 Å². The first kappa shape index (κ1) is 33.1. The Balaban J connectivity index is 0.000000239. The minimum atomic E-state index is 0. The Morgan fingerprint density at radius 1 is 0.886 bits per heavy atom. The van der Waals surface area contributed by atoms with E-state index in [-0.39, 0.29) is 43.5 Å². The molecule has 0 bridgehead atoms. The molecular weight excluding hydrogens is 721 g/mol. The normalized spacial score (nSPS) is 12.2. The van der Waals surface area contributed by atoms with Gasteiger partial charge in [-0.1, -0.05) is 86.5 Å². The summed E-state index contributed by atoms with van der Waals surface area (Å²) >= 11 is 0. The van der Waals surface area contributed by atoms with Crippen molar-refractivity contribution in [3.05, 3.63) is 109 Å². The van der Waals surface area contributed by atoms with Gasteiger partial charge in [-0.3, -0.25) is 4.79 Å². The molecule has 0 aliphatic carbocycles. The van der Waals surface area contributed by atoms with Gasteiger partial charge in [-0.2, -0.15) is 0 Å². The smallest absolute Gasteiger partial charge is 0.162 e. The number of carbonyl (C=O) groups excluding carboxylic acids is 1. The van der Waals surface area contributed by atoms with E-state index < -0.39 is 0 Å². The number of hydrogen-bond acceptors (Lipinski definition) is 4. The molecule has 5 aromatic rings. The fourth-order valence-corrected chi connectivity index (χ4v) is 6.11. The number of aryl methyl sites for hydroxylation is 1. The van der Waals surface area contributed by atoms with E-state index in [1.54, 1.807) is 0 Å². The van der Waals surface area contributed by atoms with Crippen molar-refractivity contribution in [1.82, 2.24) is 4.98 Å². The third-order valence-corrected chi connectivity index (χ3v) is 8.63. The quantitative estimate of drug-likeness (QED) is 0.0953. The van der Waals surface area contributed by atoms with Crippen LogP contribution in [0.4, 0.5) is 17.1 Å². The molecule has 0 unspecified atom stereocenters. The maximum atomic E-state index is 11.7. The predicted octanol–water partition coefficient (Wildman–Crippen LogP) is 10.8. The minimum Gasteiger partial charge on any atom is -0.512 e. The Hall–Kier alpha value is -3.79. The molecule has 229 valence electrons. The zero-order valence-electron chi connectivity index (χ0n) is 26.2. The number of pyridine rings is 1. The summed E-state index contributed by atoms with van der Waals surface area (Å²) in [6.07, 6.45) is 6.90. The van der Waals surface area contributed by atoms with Crippen molar-refractivity contribution < 1.29 is 30.0 Å². The molecule has 1 N–H and O–H groups in total. The van der Waals surface area contributed by atoms with Crippen molar-refractivity contribution in [3.63, 3.8) is 0 Å². The number of aromatic nitrogens is 1. The van der Waals surface area contributed by atoms with Crippen molar-refractivity contribution in [3.8, 4) is 11.3 Å². The van der Waals surface area contributed by atoms with Crippen LogP contribution in [0.3, 0.4) is 0 Å². The molecule has 0 fully saturated rings. The maximum Gasteiger partial charge on any atom is 0.162 e. The standard InChI is InChI=1S/C26H17N2.C13H24O2.Ir/c1-17-13-14-21-19(15-17)16-27-25-22-11-5-7-18-8-6-12-23(24(18)22)28(26(21)25)20-9-3-2-4-10-20;1-5-10(6-2)12(14)9-13(15)11(7-3)8-4;/h2-10,12-16H,1H3;9-11,14H,5-8H2,1-4H3;/q-1;;/b;12-9-;. The number of benzene rings is 4. The SMILES string of the molecule is CCC(CC)C(=O)/C=C(\O)C(CC)CC.Cc1ccc2c3c(ncc2c1)-c1[c-]ccc2cccc(c12)N3c1ccccc1.[Ir]. The van der Waals surface area contributed by atoms with Gasteiger partial charge in [0, 0.05) is 72.4 Å². The molecule has 4 nitrogen and oxygen atoms in total. The average Bonchev–Trinajstić information content (AvgIpc) is 3.03. The van der Waals surface area contributed by atoms with Gasteiger partial charge in [-0.05, 0) is 62.3 Å². The first-order chi connectivity index (χ1) is 20.9. The van der Waals surface area contributed by atoms with Crippen LogP contribution in [-0.4, -0.2) is 15.9 Å². The molecule has 5 heteroatoms. The summed E-state index contributed by atoms with van der Waals surface area (Å²) in [6.45, 7) is 10.2. The Bertz CT molecular complexity index is 1770. The van der Waals surface area contributed by atoms with E-state index in [1.165, 1.54) is 33.5 Å².